The number of aryl methyl sites for hydroxylation is 1. The van der Waals surface area contributed by atoms with Gasteiger partial charge >= 0.3 is 0 Å². The van der Waals surface area contributed by atoms with Crippen LogP contribution in [-0.2, 0) is 4.79 Å². The summed E-state index contributed by atoms with van der Waals surface area (Å²) in [4.78, 5) is 23.4. The summed E-state index contributed by atoms with van der Waals surface area (Å²) in [6.45, 7) is 9.96. The van der Waals surface area contributed by atoms with Gasteiger partial charge in [-0.05, 0) is 56.5 Å². The van der Waals surface area contributed by atoms with Gasteiger partial charge in [-0.2, -0.15) is 0 Å². The van der Waals surface area contributed by atoms with E-state index in [0.717, 1.165) is 47.2 Å². The number of thiazole rings is 1. The monoisotopic (exact) mass is 477 g/mol. The summed E-state index contributed by atoms with van der Waals surface area (Å²) in [5.74, 6) is 1.11. The predicted molar refractivity (Wildman–Crippen MR) is 138 cm³/mol. The molecule has 1 aromatic heterocycles. The number of fused-ring (bicyclic) bond motifs is 1. The van der Waals surface area contributed by atoms with Gasteiger partial charge in [-0.1, -0.05) is 55.0 Å². The lowest BCUT2D eigenvalue weighted by atomic mass is 10.2. The molecule has 0 atom stereocenters. The summed E-state index contributed by atoms with van der Waals surface area (Å²) in [6.07, 6.45) is 1.41. The van der Waals surface area contributed by atoms with Crippen LogP contribution in [0.25, 0.3) is 10.2 Å². The Balaban J connectivity index is 0.00000341. The van der Waals surface area contributed by atoms with Crippen LogP contribution in [0.4, 0.5) is 5.13 Å². The third-order valence-electron chi connectivity index (χ3n) is 5.17. The van der Waals surface area contributed by atoms with E-state index in [9.17, 15) is 4.79 Å². The van der Waals surface area contributed by atoms with Gasteiger partial charge in [0.1, 0.15) is 0 Å². The third-order valence-corrected chi connectivity index (χ3v) is 7.33. The van der Waals surface area contributed by atoms with Crippen molar-refractivity contribution in [1.29, 1.82) is 0 Å². The number of para-hydroxylation sites is 1. The van der Waals surface area contributed by atoms with Crippen molar-refractivity contribution in [2.75, 3.05) is 36.8 Å². The first kappa shape index (κ1) is 25.7. The van der Waals surface area contributed by atoms with E-state index in [4.69, 9.17) is 4.98 Å². The molecule has 0 saturated carbocycles. The molecule has 0 aliphatic carbocycles. The molecule has 0 saturated heterocycles. The molecule has 4 nitrogen and oxygen atoms in total. The summed E-state index contributed by atoms with van der Waals surface area (Å²) < 4.78 is 1.13. The maximum Gasteiger partial charge on any atom is 0.228 e. The van der Waals surface area contributed by atoms with Crippen LogP contribution in [0.5, 0.6) is 0 Å². The fourth-order valence-electron chi connectivity index (χ4n) is 3.27. The van der Waals surface area contributed by atoms with Crippen molar-refractivity contribution >= 4 is 56.8 Å². The summed E-state index contributed by atoms with van der Waals surface area (Å²) in [7, 11) is 0. The molecular weight excluding hydrogens is 446 g/mol. The van der Waals surface area contributed by atoms with Gasteiger partial charge in [-0.3, -0.25) is 9.69 Å². The first-order chi connectivity index (χ1) is 14.6. The van der Waals surface area contributed by atoms with Crippen LogP contribution in [0.15, 0.2) is 53.4 Å². The van der Waals surface area contributed by atoms with Gasteiger partial charge in [-0.25, -0.2) is 4.98 Å². The maximum atomic E-state index is 13.1. The lowest BCUT2D eigenvalue weighted by Crippen LogP contribution is -2.38. The van der Waals surface area contributed by atoms with E-state index >= 15 is 0 Å². The molecule has 0 aliphatic rings. The number of thioether (sulfide) groups is 1. The maximum absolute atomic E-state index is 13.1. The molecule has 1 heterocycles. The van der Waals surface area contributed by atoms with Gasteiger partial charge < -0.3 is 4.90 Å². The molecule has 3 aromatic rings. The van der Waals surface area contributed by atoms with Crippen LogP contribution in [-0.4, -0.2) is 47.7 Å². The summed E-state index contributed by atoms with van der Waals surface area (Å²) in [6, 6.07) is 16.7. The number of carbonyl (C=O) groups is 1. The van der Waals surface area contributed by atoms with Crippen LogP contribution in [0.3, 0.4) is 0 Å². The van der Waals surface area contributed by atoms with Crippen LogP contribution < -0.4 is 4.90 Å². The van der Waals surface area contributed by atoms with Gasteiger partial charge in [-0.15, -0.1) is 24.2 Å². The molecule has 1 amide bonds. The molecule has 0 spiro atoms. The summed E-state index contributed by atoms with van der Waals surface area (Å²) >= 11 is 3.42. The van der Waals surface area contributed by atoms with Gasteiger partial charge in [0.2, 0.25) is 5.91 Å². The number of likely N-dealkylation sites (N-methyl/N-ethyl adjacent to an activating group) is 1. The topological polar surface area (TPSA) is 36.4 Å². The van der Waals surface area contributed by atoms with Gasteiger partial charge in [0, 0.05) is 24.4 Å². The minimum Gasteiger partial charge on any atom is -0.302 e. The van der Waals surface area contributed by atoms with E-state index in [-0.39, 0.29) is 18.3 Å². The summed E-state index contributed by atoms with van der Waals surface area (Å²) in [5.41, 5.74) is 2.24. The number of benzene rings is 2. The highest BCUT2D eigenvalue weighted by molar-refractivity contribution is 7.99. The first-order valence-electron chi connectivity index (χ1n) is 10.7. The highest BCUT2D eigenvalue weighted by Gasteiger charge is 2.20. The average molecular weight is 478 g/mol. The lowest BCUT2D eigenvalue weighted by molar-refractivity contribution is -0.118. The second-order valence-electron chi connectivity index (χ2n) is 7.30. The second-order valence-corrected chi connectivity index (χ2v) is 9.48. The van der Waals surface area contributed by atoms with Crippen molar-refractivity contribution in [2.45, 2.75) is 38.5 Å². The fraction of sp³-hybridized carbons (Fsp3) is 0.417. The zero-order chi connectivity index (χ0) is 21.3. The van der Waals surface area contributed by atoms with Crippen molar-refractivity contribution in [3.8, 4) is 0 Å². The van der Waals surface area contributed by atoms with E-state index < -0.39 is 0 Å². The smallest absolute Gasteiger partial charge is 0.228 e. The number of aromatic nitrogens is 1. The van der Waals surface area contributed by atoms with E-state index in [1.807, 2.05) is 34.9 Å². The van der Waals surface area contributed by atoms with E-state index in [0.29, 0.717) is 13.0 Å². The molecule has 2 aromatic carbocycles. The predicted octanol–water partition coefficient (Wildman–Crippen LogP) is 6.27. The number of anilines is 1. The Morgan fingerprint density at radius 2 is 1.74 bits per heavy atom. The lowest BCUT2D eigenvalue weighted by Gasteiger charge is -2.24. The molecule has 31 heavy (non-hydrogen) atoms. The fourth-order valence-corrected chi connectivity index (χ4v) is 5.13. The molecule has 0 aliphatic heterocycles. The quantitative estimate of drug-likeness (QED) is 0.241. The standard InChI is InChI=1S/C24H31N3OS2.ClH/c1-4-26(5-2)16-17-27(24-25-21-9-6-7-10-22(21)30-24)23(28)11-8-18-29-20-14-12-19(3)13-15-20;/h6-7,9-10,12-15H,4-5,8,11,16-18H2,1-3H3;1H. The summed E-state index contributed by atoms with van der Waals surface area (Å²) in [5, 5.41) is 0.819. The second kappa shape index (κ2) is 13.1. The molecule has 0 N–H and O–H groups in total. The SMILES string of the molecule is CCN(CC)CCN(C(=O)CCCSc1ccc(C)cc1)c1nc2ccccc2s1.Cl. The Morgan fingerprint density at radius 1 is 1.03 bits per heavy atom. The van der Waals surface area contributed by atoms with Crippen molar-refractivity contribution in [3.05, 3.63) is 54.1 Å². The van der Waals surface area contributed by atoms with Crippen molar-refractivity contribution in [2.24, 2.45) is 0 Å². The van der Waals surface area contributed by atoms with Gasteiger partial charge in [0.25, 0.3) is 0 Å². The molecule has 168 valence electrons. The zero-order valence-electron chi connectivity index (χ0n) is 18.5. The molecule has 0 fully saturated rings. The molecule has 0 unspecified atom stereocenters. The largest absolute Gasteiger partial charge is 0.302 e. The Kier molecular flexibility index (Phi) is 10.8. The zero-order valence-corrected chi connectivity index (χ0v) is 21.0. The number of amides is 1. The van der Waals surface area contributed by atoms with E-state index in [2.05, 4.69) is 56.0 Å². The van der Waals surface area contributed by atoms with Crippen molar-refractivity contribution in [1.82, 2.24) is 9.88 Å². The van der Waals surface area contributed by atoms with Crippen LogP contribution in [0.2, 0.25) is 0 Å². The van der Waals surface area contributed by atoms with E-state index in [1.165, 1.54) is 10.5 Å². The number of hydrogen-bond donors (Lipinski definition) is 0. The molecule has 0 bridgehead atoms. The van der Waals surface area contributed by atoms with Crippen molar-refractivity contribution in [3.63, 3.8) is 0 Å². The number of rotatable bonds is 11. The highest BCUT2D eigenvalue weighted by atomic mass is 35.5. The Bertz CT molecular complexity index is 908. The van der Waals surface area contributed by atoms with Crippen LogP contribution >= 0.6 is 35.5 Å². The van der Waals surface area contributed by atoms with Crippen LogP contribution in [0.1, 0.15) is 32.3 Å². The number of halogens is 1. The third kappa shape index (κ3) is 7.49. The normalized spacial score (nSPS) is 11.0. The Morgan fingerprint density at radius 3 is 2.42 bits per heavy atom. The minimum absolute atomic E-state index is 0. The van der Waals surface area contributed by atoms with Gasteiger partial charge in [0.15, 0.2) is 5.13 Å². The Hall–Kier alpha value is -1.60. The molecule has 7 heteroatoms. The van der Waals surface area contributed by atoms with Crippen LogP contribution in [0, 0.1) is 6.92 Å². The first-order valence-corrected chi connectivity index (χ1v) is 12.5. The molecule has 0 radical (unpaired) electrons. The van der Waals surface area contributed by atoms with E-state index in [1.54, 1.807) is 11.3 Å². The number of carbonyl (C=O) groups excluding carboxylic acids is 1. The number of nitrogens with zero attached hydrogens (tertiary/aromatic N) is 3. The number of hydrogen-bond acceptors (Lipinski definition) is 5. The average Bonchev–Trinajstić information content (AvgIpc) is 3.19. The molecular formula is C24H32ClN3OS2. The Labute approximate surface area is 200 Å². The van der Waals surface area contributed by atoms with Crippen molar-refractivity contribution < 1.29 is 4.79 Å². The molecule has 3 rings (SSSR count). The minimum atomic E-state index is 0. The highest BCUT2D eigenvalue weighted by Crippen LogP contribution is 2.29. The van der Waals surface area contributed by atoms with Gasteiger partial charge in [0.05, 0.1) is 10.2 Å².